The summed E-state index contributed by atoms with van der Waals surface area (Å²) >= 11 is 0. The van der Waals surface area contributed by atoms with E-state index in [9.17, 15) is 44.0 Å². The zero-order valence-electron chi connectivity index (χ0n) is 17.1. The summed E-state index contributed by atoms with van der Waals surface area (Å²) in [5.41, 5.74) is -0.382. The van der Waals surface area contributed by atoms with Crippen LogP contribution in [-0.4, -0.2) is 44.0 Å². The first kappa shape index (κ1) is 24.6. The molecule has 0 unspecified atom stereocenters. The van der Waals surface area contributed by atoms with Gasteiger partial charge in [-0.3, -0.25) is 13.7 Å². The predicted octanol–water partition coefficient (Wildman–Crippen LogP) is 3.85. The number of azo groups is 1. The summed E-state index contributed by atoms with van der Waals surface area (Å²) in [5.74, 6) is -0.579. The molecule has 0 saturated carbocycles. The number of hydrogen-bond donors (Lipinski definition) is 4. The van der Waals surface area contributed by atoms with Crippen LogP contribution in [0.2, 0.25) is 0 Å². The molecule has 0 aliphatic heterocycles. The third-order valence-corrected chi connectivity index (χ3v) is 7.60. The first-order valence-corrected chi connectivity index (χ1v) is 13.7. The molecule has 4 N–H and O–H groups in total. The van der Waals surface area contributed by atoms with Crippen LogP contribution in [-0.2, 0) is 30.4 Å². The molecule has 0 aliphatic rings. The smallest absolute Gasteiger partial charge is 0.295 e. The molecule has 0 aliphatic carbocycles. The summed E-state index contributed by atoms with van der Waals surface area (Å²) in [4.78, 5) is -2.16. The van der Waals surface area contributed by atoms with Gasteiger partial charge in [0.15, 0.2) is 0 Å². The zero-order chi connectivity index (χ0) is 25.8. The van der Waals surface area contributed by atoms with Gasteiger partial charge in [0.2, 0.25) is 0 Å². The molecular weight excluding hydrogens is 524 g/mol. The van der Waals surface area contributed by atoms with E-state index in [1.807, 2.05) is 0 Å². The minimum absolute atomic E-state index is 0.0763. The number of hydrogen-bond acceptors (Lipinski definition) is 9. The van der Waals surface area contributed by atoms with E-state index >= 15 is 0 Å². The Bertz CT molecular complexity index is 1880. The molecule has 0 spiro atoms. The number of fused-ring (bicyclic) bond motifs is 2. The molecule has 15 heteroatoms. The molecule has 0 radical (unpaired) electrons. The summed E-state index contributed by atoms with van der Waals surface area (Å²) in [7, 11) is -14.5. The van der Waals surface area contributed by atoms with Crippen molar-refractivity contribution in [1.82, 2.24) is 0 Å². The maximum atomic E-state index is 12.0. The van der Waals surface area contributed by atoms with Crippen LogP contribution in [0.25, 0.3) is 21.5 Å². The van der Waals surface area contributed by atoms with Crippen molar-refractivity contribution < 1.29 is 44.0 Å². The summed E-state index contributed by atoms with van der Waals surface area (Å²) in [6, 6.07) is 11.9. The molecule has 35 heavy (non-hydrogen) atoms. The number of aromatic hydroxyl groups is 1. The van der Waals surface area contributed by atoms with E-state index in [1.165, 1.54) is 36.4 Å². The van der Waals surface area contributed by atoms with Crippen LogP contribution in [0.15, 0.2) is 85.6 Å². The summed E-state index contributed by atoms with van der Waals surface area (Å²) in [5, 5.41) is 18.1. The molecular formula is C20H14N2O10S3. The van der Waals surface area contributed by atoms with Crippen molar-refractivity contribution in [1.29, 1.82) is 0 Å². The van der Waals surface area contributed by atoms with Gasteiger partial charge in [-0.1, -0.05) is 30.3 Å². The molecule has 182 valence electrons. The molecule has 0 amide bonds. The highest BCUT2D eigenvalue weighted by Gasteiger charge is 2.24. The van der Waals surface area contributed by atoms with Crippen LogP contribution in [0, 0.1) is 0 Å². The topological polar surface area (TPSA) is 208 Å². The molecule has 0 fully saturated rings. The number of phenols is 1. The maximum Gasteiger partial charge on any atom is 0.295 e. The highest BCUT2D eigenvalue weighted by molar-refractivity contribution is 7.87. The second kappa shape index (κ2) is 8.33. The van der Waals surface area contributed by atoms with Gasteiger partial charge < -0.3 is 5.11 Å². The summed E-state index contributed by atoms with van der Waals surface area (Å²) < 4.78 is 99.0. The van der Waals surface area contributed by atoms with Crippen LogP contribution < -0.4 is 0 Å². The molecule has 4 aromatic rings. The van der Waals surface area contributed by atoms with E-state index in [1.54, 1.807) is 0 Å². The van der Waals surface area contributed by atoms with E-state index in [4.69, 9.17) is 0 Å². The molecule has 12 nitrogen and oxygen atoms in total. The van der Waals surface area contributed by atoms with E-state index < -0.39 is 51.6 Å². The van der Waals surface area contributed by atoms with Crippen molar-refractivity contribution in [3.05, 3.63) is 60.7 Å². The number of nitrogens with zero attached hydrogens (tertiary/aromatic N) is 2. The highest BCUT2D eigenvalue weighted by atomic mass is 32.2. The van der Waals surface area contributed by atoms with Gasteiger partial charge in [-0.2, -0.15) is 25.3 Å². The summed E-state index contributed by atoms with van der Waals surface area (Å²) in [6.45, 7) is 0. The van der Waals surface area contributed by atoms with Gasteiger partial charge in [0, 0.05) is 16.2 Å². The predicted molar refractivity (Wildman–Crippen MR) is 123 cm³/mol. The average molecular weight is 539 g/mol. The second-order valence-electron chi connectivity index (χ2n) is 7.21. The van der Waals surface area contributed by atoms with Crippen LogP contribution in [0.1, 0.15) is 0 Å². The van der Waals surface area contributed by atoms with Gasteiger partial charge >= 0.3 is 0 Å². The fourth-order valence-corrected chi connectivity index (χ4v) is 5.58. The van der Waals surface area contributed by atoms with Gasteiger partial charge in [-0.05, 0) is 35.7 Å². The molecule has 0 saturated heterocycles. The van der Waals surface area contributed by atoms with Gasteiger partial charge in [0.1, 0.15) is 21.2 Å². The Morgan fingerprint density at radius 1 is 0.629 bits per heavy atom. The minimum Gasteiger partial charge on any atom is -0.506 e. The fraction of sp³-hybridized carbons (Fsp3) is 0. The Kier molecular flexibility index (Phi) is 5.87. The molecule has 4 aromatic carbocycles. The Labute approximate surface area is 198 Å². The number of rotatable bonds is 5. The van der Waals surface area contributed by atoms with Crippen molar-refractivity contribution in [2.24, 2.45) is 10.2 Å². The van der Waals surface area contributed by atoms with Crippen molar-refractivity contribution in [3.8, 4) is 5.75 Å². The lowest BCUT2D eigenvalue weighted by molar-refractivity contribution is 0.476. The third kappa shape index (κ3) is 4.72. The van der Waals surface area contributed by atoms with Crippen molar-refractivity contribution >= 4 is 63.3 Å². The van der Waals surface area contributed by atoms with Gasteiger partial charge in [-0.25, -0.2) is 0 Å². The van der Waals surface area contributed by atoms with E-state index in [-0.39, 0.29) is 32.1 Å². The minimum atomic E-state index is -5.07. The van der Waals surface area contributed by atoms with Crippen molar-refractivity contribution in [2.45, 2.75) is 14.7 Å². The Balaban J connectivity index is 2.01. The zero-order valence-corrected chi connectivity index (χ0v) is 19.6. The normalized spacial score (nSPS) is 13.1. The molecule has 0 aromatic heterocycles. The Morgan fingerprint density at radius 3 is 1.89 bits per heavy atom. The standard InChI is InChI=1S/C20H14N2O10S3/c23-16-8-7-11-9-12(33(24,25)26)10-18(35(30,31)32)19(11)20(16)22-21-15-5-1-4-14-13(15)3-2-6-17(14)34(27,28)29/h1-10,23H,(H,24,25,26)(H,27,28,29)(H,30,31,32). The molecule has 0 bridgehead atoms. The SMILES string of the molecule is O=S(=O)(O)c1cc(S(=O)(=O)O)c2c(N=Nc3cccc4c(S(=O)(=O)O)cccc34)c(O)ccc2c1. The number of phenolic OH excluding ortho intramolecular Hbond substituents is 1. The van der Waals surface area contributed by atoms with Gasteiger partial charge in [0.05, 0.1) is 10.6 Å². The highest BCUT2D eigenvalue weighted by Crippen LogP contribution is 2.41. The van der Waals surface area contributed by atoms with Crippen LogP contribution in [0.5, 0.6) is 5.75 Å². The van der Waals surface area contributed by atoms with Crippen LogP contribution in [0.3, 0.4) is 0 Å². The second-order valence-corrected chi connectivity index (χ2v) is 11.4. The summed E-state index contributed by atoms with van der Waals surface area (Å²) in [6.07, 6.45) is 0. The van der Waals surface area contributed by atoms with Crippen molar-refractivity contribution in [2.75, 3.05) is 0 Å². The van der Waals surface area contributed by atoms with Crippen LogP contribution in [0.4, 0.5) is 11.4 Å². The van der Waals surface area contributed by atoms with E-state index in [0.717, 1.165) is 18.2 Å². The first-order valence-electron chi connectivity index (χ1n) is 9.33. The molecule has 0 atom stereocenters. The van der Waals surface area contributed by atoms with Gasteiger partial charge in [0.25, 0.3) is 30.4 Å². The lowest BCUT2D eigenvalue weighted by Crippen LogP contribution is -2.04. The average Bonchev–Trinajstić information content (AvgIpc) is 2.75. The Hall–Kier alpha value is -3.47. The molecule has 4 rings (SSSR count). The lowest BCUT2D eigenvalue weighted by atomic mass is 10.1. The fourth-order valence-electron chi connectivity index (χ4n) is 3.51. The third-order valence-electron chi connectivity index (χ3n) is 4.98. The number of benzene rings is 4. The Morgan fingerprint density at radius 2 is 1.26 bits per heavy atom. The van der Waals surface area contributed by atoms with E-state index in [2.05, 4.69) is 10.2 Å². The maximum absolute atomic E-state index is 12.0. The largest absolute Gasteiger partial charge is 0.506 e. The molecule has 0 heterocycles. The van der Waals surface area contributed by atoms with Crippen molar-refractivity contribution in [3.63, 3.8) is 0 Å². The van der Waals surface area contributed by atoms with Gasteiger partial charge in [-0.15, -0.1) is 10.2 Å². The van der Waals surface area contributed by atoms with E-state index in [0.29, 0.717) is 6.07 Å². The first-order chi connectivity index (χ1) is 16.2. The van der Waals surface area contributed by atoms with Crippen LogP contribution >= 0.6 is 0 Å². The lowest BCUT2D eigenvalue weighted by Gasteiger charge is -2.10. The monoisotopic (exact) mass is 538 g/mol. The quantitative estimate of drug-likeness (QED) is 0.213.